The molecule has 72 valence electrons. The van der Waals surface area contributed by atoms with E-state index in [2.05, 4.69) is 9.72 Å². The van der Waals surface area contributed by atoms with E-state index >= 15 is 0 Å². The van der Waals surface area contributed by atoms with Crippen LogP contribution in [0.3, 0.4) is 0 Å². The van der Waals surface area contributed by atoms with Gasteiger partial charge in [0.15, 0.2) is 5.92 Å². The first kappa shape index (κ1) is 10.2. The highest BCUT2D eigenvalue weighted by molar-refractivity contribution is 5.80. The van der Waals surface area contributed by atoms with Gasteiger partial charge in [-0.2, -0.15) is 5.26 Å². The van der Waals surface area contributed by atoms with Gasteiger partial charge in [-0.15, -0.1) is 0 Å². The summed E-state index contributed by atoms with van der Waals surface area (Å²) in [6.07, 6.45) is 0. The number of nitrogens with zero attached hydrogens (tertiary/aromatic N) is 2. The van der Waals surface area contributed by atoms with E-state index in [4.69, 9.17) is 5.26 Å². The molecule has 1 aromatic rings. The highest BCUT2D eigenvalue weighted by Gasteiger charge is 2.21. The predicted molar refractivity (Wildman–Crippen MR) is 49.3 cm³/mol. The second-order valence-electron chi connectivity index (χ2n) is 2.79. The van der Waals surface area contributed by atoms with Gasteiger partial charge >= 0.3 is 5.97 Å². The quantitative estimate of drug-likeness (QED) is 0.656. The first-order valence-electron chi connectivity index (χ1n) is 4.10. The van der Waals surface area contributed by atoms with E-state index in [9.17, 15) is 4.79 Å². The summed E-state index contributed by atoms with van der Waals surface area (Å²) < 4.78 is 4.50. The van der Waals surface area contributed by atoms with Crippen molar-refractivity contribution < 1.29 is 9.53 Å². The molecule has 0 amide bonds. The van der Waals surface area contributed by atoms with Gasteiger partial charge in [0.05, 0.1) is 18.9 Å². The molecule has 0 radical (unpaired) electrons. The van der Waals surface area contributed by atoms with Crippen molar-refractivity contribution in [3.63, 3.8) is 0 Å². The van der Waals surface area contributed by atoms with E-state index in [0.29, 0.717) is 5.69 Å². The standard InChI is InChI=1S/C10H10N2O2/c1-7-4-3-5-9(12-7)8(6-11)10(13)14-2/h3-5,8H,1-2H3. The smallest absolute Gasteiger partial charge is 0.329 e. The van der Waals surface area contributed by atoms with Crippen LogP contribution >= 0.6 is 0 Å². The number of carbonyl (C=O) groups excluding carboxylic acids is 1. The molecule has 0 aliphatic heterocycles. The number of aryl methyl sites for hydroxylation is 1. The fourth-order valence-electron chi connectivity index (χ4n) is 1.08. The van der Waals surface area contributed by atoms with Crippen LogP contribution < -0.4 is 0 Å². The number of pyridine rings is 1. The first-order chi connectivity index (χ1) is 6.69. The summed E-state index contributed by atoms with van der Waals surface area (Å²) in [6, 6.07) is 7.05. The van der Waals surface area contributed by atoms with Crippen molar-refractivity contribution in [1.29, 1.82) is 5.26 Å². The van der Waals surface area contributed by atoms with E-state index < -0.39 is 11.9 Å². The van der Waals surface area contributed by atoms with Gasteiger partial charge in [0, 0.05) is 5.69 Å². The topological polar surface area (TPSA) is 63.0 Å². The van der Waals surface area contributed by atoms with Crippen LogP contribution in [-0.4, -0.2) is 18.1 Å². The lowest BCUT2D eigenvalue weighted by atomic mass is 10.1. The van der Waals surface area contributed by atoms with Crippen LogP contribution in [0.15, 0.2) is 18.2 Å². The Morgan fingerprint density at radius 1 is 1.64 bits per heavy atom. The lowest BCUT2D eigenvalue weighted by molar-refractivity contribution is -0.141. The summed E-state index contributed by atoms with van der Waals surface area (Å²) in [7, 11) is 1.25. The van der Waals surface area contributed by atoms with Crippen LogP contribution in [0.5, 0.6) is 0 Å². The SMILES string of the molecule is COC(=O)C(C#N)c1cccc(C)n1. The molecule has 0 fully saturated rings. The van der Waals surface area contributed by atoms with Crippen LogP contribution in [0.25, 0.3) is 0 Å². The third kappa shape index (κ3) is 2.07. The van der Waals surface area contributed by atoms with Crippen molar-refractivity contribution in [2.45, 2.75) is 12.8 Å². The molecule has 1 aromatic heterocycles. The maximum Gasteiger partial charge on any atom is 0.329 e. The van der Waals surface area contributed by atoms with Crippen molar-refractivity contribution in [3.8, 4) is 6.07 Å². The number of carbonyl (C=O) groups is 1. The normalized spacial score (nSPS) is 11.5. The molecule has 14 heavy (non-hydrogen) atoms. The number of rotatable bonds is 2. The van der Waals surface area contributed by atoms with Crippen molar-refractivity contribution in [1.82, 2.24) is 4.98 Å². The zero-order valence-corrected chi connectivity index (χ0v) is 8.02. The van der Waals surface area contributed by atoms with E-state index in [1.165, 1.54) is 7.11 Å². The fraction of sp³-hybridized carbons (Fsp3) is 0.300. The zero-order valence-electron chi connectivity index (χ0n) is 8.02. The lowest BCUT2D eigenvalue weighted by Gasteiger charge is -2.06. The van der Waals surface area contributed by atoms with Gasteiger partial charge < -0.3 is 4.74 Å². The summed E-state index contributed by atoms with van der Waals surface area (Å²) >= 11 is 0. The molecular formula is C10H10N2O2. The summed E-state index contributed by atoms with van der Waals surface area (Å²) in [5.41, 5.74) is 1.20. The molecule has 1 atom stereocenters. The molecule has 4 heteroatoms. The molecule has 0 saturated carbocycles. The molecule has 0 N–H and O–H groups in total. The molecule has 1 unspecified atom stereocenters. The summed E-state index contributed by atoms with van der Waals surface area (Å²) in [4.78, 5) is 15.3. The van der Waals surface area contributed by atoms with Crippen molar-refractivity contribution in [3.05, 3.63) is 29.6 Å². The summed E-state index contributed by atoms with van der Waals surface area (Å²) in [5, 5.41) is 8.78. The fourth-order valence-corrected chi connectivity index (χ4v) is 1.08. The Bertz CT molecular complexity index is 382. The minimum Gasteiger partial charge on any atom is -0.468 e. The number of nitriles is 1. The number of aromatic nitrogens is 1. The molecule has 1 heterocycles. The van der Waals surface area contributed by atoms with Gasteiger partial charge in [-0.05, 0) is 19.1 Å². The van der Waals surface area contributed by atoms with Crippen LogP contribution in [0.2, 0.25) is 0 Å². The van der Waals surface area contributed by atoms with Crippen LogP contribution in [0.4, 0.5) is 0 Å². The second-order valence-corrected chi connectivity index (χ2v) is 2.79. The maximum absolute atomic E-state index is 11.2. The van der Waals surface area contributed by atoms with Gasteiger partial charge in [0.2, 0.25) is 0 Å². The van der Waals surface area contributed by atoms with Gasteiger partial charge in [-0.3, -0.25) is 9.78 Å². The minimum absolute atomic E-state index is 0.430. The largest absolute Gasteiger partial charge is 0.468 e. The van der Waals surface area contributed by atoms with Crippen molar-refractivity contribution in [2.24, 2.45) is 0 Å². The Morgan fingerprint density at radius 3 is 2.86 bits per heavy atom. The Hall–Kier alpha value is -1.89. The molecule has 0 aliphatic rings. The number of ether oxygens (including phenoxy) is 1. The van der Waals surface area contributed by atoms with Gasteiger partial charge in [-0.25, -0.2) is 0 Å². The average molecular weight is 190 g/mol. The van der Waals surface area contributed by atoms with Crippen LogP contribution in [0.1, 0.15) is 17.3 Å². The second kappa shape index (κ2) is 4.38. The number of hydrogen-bond acceptors (Lipinski definition) is 4. The predicted octanol–water partition coefficient (Wildman–Crippen LogP) is 1.17. The van der Waals surface area contributed by atoms with E-state index in [1.807, 2.05) is 6.07 Å². The third-order valence-corrected chi connectivity index (χ3v) is 1.77. The Morgan fingerprint density at radius 2 is 2.36 bits per heavy atom. The summed E-state index contributed by atoms with van der Waals surface area (Å²) in [6.45, 7) is 1.80. The first-order valence-corrected chi connectivity index (χ1v) is 4.10. The minimum atomic E-state index is -0.931. The van der Waals surface area contributed by atoms with Crippen LogP contribution in [0, 0.1) is 18.3 Å². The molecule has 0 aliphatic carbocycles. The van der Waals surface area contributed by atoms with E-state index in [1.54, 1.807) is 25.1 Å². The highest BCUT2D eigenvalue weighted by Crippen LogP contribution is 2.14. The molecule has 0 spiro atoms. The number of methoxy groups -OCH3 is 1. The van der Waals surface area contributed by atoms with Gasteiger partial charge in [0.25, 0.3) is 0 Å². The molecule has 4 nitrogen and oxygen atoms in total. The van der Waals surface area contributed by atoms with E-state index in [-0.39, 0.29) is 0 Å². The lowest BCUT2D eigenvalue weighted by Crippen LogP contribution is -2.13. The Balaban J connectivity index is 3.02. The molecule has 0 aromatic carbocycles. The van der Waals surface area contributed by atoms with Gasteiger partial charge in [-0.1, -0.05) is 6.07 Å². The van der Waals surface area contributed by atoms with Crippen molar-refractivity contribution >= 4 is 5.97 Å². The number of hydrogen-bond donors (Lipinski definition) is 0. The Labute approximate surface area is 82.1 Å². The van der Waals surface area contributed by atoms with Crippen molar-refractivity contribution in [2.75, 3.05) is 7.11 Å². The number of esters is 1. The Kier molecular flexibility index (Phi) is 3.19. The van der Waals surface area contributed by atoms with E-state index in [0.717, 1.165) is 5.69 Å². The monoisotopic (exact) mass is 190 g/mol. The molecule has 1 rings (SSSR count). The molecule has 0 bridgehead atoms. The average Bonchev–Trinajstić information content (AvgIpc) is 2.19. The van der Waals surface area contributed by atoms with Crippen LogP contribution in [-0.2, 0) is 9.53 Å². The maximum atomic E-state index is 11.2. The molecular weight excluding hydrogens is 180 g/mol. The third-order valence-electron chi connectivity index (χ3n) is 1.77. The summed E-state index contributed by atoms with van der Waals surface area (Å²) in [5.74, 6) is -1.51. The van der Waals surface area contributed by atoms with Gasteiger partial charge in [0.1, 0.15) is 0 Å². The highest BCUT2D eigenvalue weighted by atomic mass is 16.5. The molecule has 0 saturated heterocycles. The zero-order chi connectivity index (χ0) is 10.6.